The summed E-state index contributed by atoms with van der Waals surface area (Å²) in [5, 5.41) is 2.68. The minimum Gasteiger partial charge on any atom is -0.325 e. The number of carbonyl (C=O) groups is 1. The molecule has 148 valence electrons. The largest absolute Gasteiger partial charge is 0.325 e. The normalized spacial score (nSPS) is 14.6. The molecule has 3 aromatic rings. The molecule has 0 radical (unpaired) electrons. The number of carbonyl (C=O) groups excluding carboxylic acids is 1. The molecule has 1 fully saturated rings. The first-order valence-electron chi connectivity index (χ1n) is 10.1. The van der Waals surface area contributed by atoms with Crippen molar-refractivity contribution in [2.24, 2.45) is 5.92 Å². The Balaban J connectivity index is 1.29. The third kappa shape index (κ3) is 4.83. The fraction of sp³-hybridized carbons (Fsp3) is 0.240. The summed E-state index contributed by atoms with van der Waals surface area (Å²) in [5.41, 5.74) is 4.03. The number of piperidine rings is 1. The van der Waals surface area contributed by atoms with Crippen molar-refractivity contribution in [2.45, 2.75) is 19.3 Å². The second-order valence-corrected chi connectivity index (χ2v) is 7.61. The van der Waals surface area contributed by atoms with Crippen molar-refractivity contribution in [3.63, 3.8) is 0 Å². The highest BCUT2D eigenvalue weighted by atomic mass is 19.1. The first-order chi connectivity index (χ1) is 14.2. The van der Waals surface area contributed by atoms with Crippen molar-refractivity contribution in [1.29, 1.82) is 0 Å². The van der Waals surface area contributed by atoms with E-state index in [1.807, 2.05) is 6.07 Å². The van der Waals surface area contributed by atoms with E-state index in [0.717, 1.165) is 19.3 Å². The molecule has 1 N–H and O–H groups in total. The van der Waals surface area contributed by atoms with Gasteiger partial charge in [0.1, 0.15) is 5.82 Å². The summed E-state index contributed by atoms with van der Waals surface area (Å²) < 4.78 is 13.7. The molecule has 1 aliphatic heterocycles. The molecule has 4 heteroatoms. The number of anilines is 1. The minimum atomic E-state index is -0.408. The molecule has 0 atom stereocenters. The van der Waals surface area contributed by atoms with Gasteiger partial charge in [0, 0.05) is 13.1 Å². The number of amides is 2. The monoisotopic (exact) mass is 388 g/mol. The zero-order valence-electron chi connectivity index (χ0n) is 16.4. The van der Waals surface area contributed by atoms with E-state index >= 15 is 0 Å². The van der Waals surface area contributed by atoms with Crippen molar-refractivity contribution in [1.82, 2.24) is 4.90 Å². The van der Waals surface area contributed by atoms with Crippen LogP contribution in [0.4, 0.5) is 14.9 Å². The molecule has 1 heterocycles. The van der Waals surface area contributed by atoms with E-state index in [1.165, 1.54) is 22.8 Å². The molecule has 4 rings (SSSR count). The summed E-state index contributed by atoms with van der Waals surface area (Å²) in [7, 11) is 0. The number of halogens is 1. The Hall–Kier alpha value is -3.14. The standard InChI is InChI=1S/C25H25FN2O/c26-23-8-4-5-9-24(23)27-25(29)28-16-14-20(15-17-28)18-19-10-12-22(13-11-19)21-6-2-1-3-7-21/h1-13,20H,14-18H2,(H,27,29). The second-order valence-electron chi connectivity index (χ2n) is 7.61. The Morgan fingerprint density at radius 2 is 1.48 bits per heavy atom. The summed E-state index contributed by atoms with van der Waals surface area (Å²) >= 11 is 0. The predicted molar refractivity (Wildman–Crippen MR) is 115 cm³/mol. The van der Waals surface area contributed by atoms with Gasteiger partial charge in [0.15, 0.2) is 0 Å². The van der Waals surface area contributed by atoms with Gasteiger partial charge in [-0.2, -0.15) is 0 Å². The van der Waals surface area contributed by atoms with E-state index in [4.69, 9.17) is 0 Å². The maximum atomic E-state index is 13.7. The van der Waals surface area contributed by atoms with E-state index < -0.39 is 5.82 Å². The van der Waals surface area contributed by atoms with E-state index in [-0.39, 0.29) is 11.7 Å². The summed E-state index contributed by atoms with van der Waals surface area (Å²) in [5.74, 6) is 0.157. The molecule has 0 unspecified atom stereocenters. The van der Waals surface area contributed by atoms with Crippen LogP contribution in [0, 0.1) is 11.7 Å². The quantitative estimate of drug-likeness (QED) is 0.586. The van der Waals surface area contributed by atoms with Crippen LogP contribution in [0.3, 0.4) is 0 Å². The average molecular weight is 388 g/mol. The summed E-state index contributed by atoms with van der Waals surface area (Å²) in [4.78, 5) is 14.2. The van der Waals surface area contributed by atoms with Crippen molar-refractivity contribution in [2.75, 3.05) is 18.4 Å². The van der Waals surface area contributed by atoms with Crippen LogP contribution in [-0.4, -0.2) is 24.0 Å². The third-order valence-corrected chi connectivity index (χ3v) is 5.60. The van der Waals surface area contributed by atoms with Gasteiger partial charge in [-0.05, 0) is 54.0 Å². The fourth-order valence-electron chi connectivity index (χ4n) is 3.89. The van der Waals surface area contributed by atoms with Crippen LogP contribution >= 0.6 is 0 Å². The molecule has 0 spiro atoms. The number of para-hydroxylation sites is 1. The smallest absolute Gasteiger partial charge is 0.321 e. The molecule has 29 heavy (non-hydrogen) atoms. The second kappa shape index (κ2) is 8.91. The van der Waals surface area contributed by atoms with Crippen LogP contribution in [0.1, 0.15) is 18.4 Å². The molecular formula is C25H25FN2O. The van der Waals surface area contributed by atoms with E-state index in [0.29, 0.717) is 19.0 Å². The van der Waals surface area contributed by atoms with Gasteiger partial charge in [0.25, 0.3) is 0 Å². The molecule has 3 aromatic carbocycles. The van der Waals surface area contributed by atoms with Crippen LogP contribution in [0.25, 0.3) is 11.1 Å². The molecule has 0 aliphatic carbocycles. The first kappa shape index (κ1) is 19.2. The zero-order chi connectivity index (χ0) is 20.1. The van der Waals surface area contributed by atoms with Gasteiger partial charge in [-0.15, -0.1) is 0 Å². The van der Waals surface area contributed by atoms with Crippen LogP contribution in [0.2, 0.25) is 0 Å². The number of hydrogen-bond donors (Lipinski definition) is 1. The molecule has 0 bridgehead atoms. The Labute approximate surface area is 171 Å². The van der Waals surface area contributed by atoms with Crippen molar-refractivity contribution >= 4 is 11.7 Å². The lowest BCUT2D eigenvalue weighted by molar-refractivity contribution is 0.182. The molecular weight excluding hydrogens is 363 g/mol. The molecule has 1 saturated heterocycles. The lowest BCUT2D eigenvalue weighted by Crippen LogP contribution is -2.41. The van der Waals surface area contributed by atoms with E-state index in [1.54, 1.807) is 23.1 Å². The molecule has 2 amide bonds. The first-order valence-corrected chi connectivity index (χ1v) is 10.1. The number of nitrogens with one attached hydrogen (secondary N) is 1. The van der Waals surface area contributed by atoms with Crippen molar-refractivity contribution < 1.29 is 9.18 Å². The van der Waals surface area contributed by atoms with E-state index in [9.17, 15) is 9.18 Å². The van der Waals surface area contributed by atoms with Crippen molar-refractivity contribution in [3.05, 3.63) is 90.2 Å². The van der Waals surface area contributed by atoms with Gasteiger partial charge in [-0.3, -0.25) is 0 Å². The average Bonchev–Trinajstić information content (AvgIpc) is 2.77. The number of benzene rings is 3. The van der Waals surface area contributed by atoms with Gasteiger partial charge in [-0.1, -0.05) is 66.7 Å². The SMILES string of the molecule is O=C(Nc1ccccc1F)N1CCC(Cc2ccc(-c3ccccc3)cc2)CC1. The Kier molecular flexibility index (Phi) is 5.89. The van der Waals surface area contributed by atoms with Gasteiger partial charge < -0.3 is 10.2 Å². The third-order valence-electron chi connectivity index (χ3n) is 5.60. The van der Waals surface area contributed by atoms with Gasteiger partial charge in [-0.25, -0.2) is 9.18 Å². The fourth-order valence-corrected chi connectivity index (χ4v) is 3.89. The Morgan fingerprint density at radius 3 is 2.17 bits per heavy atom. The predicted octanol–water partition coefficient (Wildman–Crippen LogP) is 5.98. The maximum absolute atomic E-state index is 13.7. The van der Waals surface area contributed by atoms with E-state index in [2.05, 4.69) is 53.8 Å². The van der Waals surface area contributed by atoms with Gasteiger partial charge >= 0.3 is 6.03 Å². The number of urea groups is 1. The highest BCUT2D eigenvalue weighted by Crippen LogP contribution is 2.25. The zero-order valence-corrected chi connectivity index (χ0v) is 16.4. The Morgan fingerprint density at radius 1 is 0.862 bits per heavy atom. The number of rotatable bonds is 4. The lowest BCUT2D eigenvalue weighted by Gasteiger charge is -2.32. The van der Waals surface area contributed by atoms with Crippen LogP contribution in [-0.2, 0) is 6.42 Å². The summed E-state index contributed by atoms with van der Waals surface area (Å²) in [6.45, 7) is 1.40. The van der Waals surface area contributed by atoms with Gasteiger partial charge in [0.2, 0.25) is 0 Å². The molecule has 3 nitrogen and oxygen atoms in total. The van der Waals surface area contributed by atoms with Gasteiger partial charge in [0.05, 0.1) is 5.69 Å². The van der Waals surface area contributed by atoms with Crippen LogP contribution < -0.4 is 5.32 Å². The van der Waals surface area contributed by atoms with Crippen LogP contribution in [0.5, 0.6) is 0 Å². The lowest BCUT2D eigenvalue weighted by atomic mass is 9.89. The summed E-state index contributed by atoms with van der Waals surface area (Å²) in [6, 6.07) is 25.2. The molecule has 0 saturated carbocycles. The Bertz CT molecular complexity index is 948. The number of nitrogens with zero attached hydrogens (tertiary/aromatic N) is 1. The van der Waals surface area contributed by atoms with Crippen molar-refractivity contribution in [3.8, 4) is 11.1 Å². The molecule has 1 aliphatic rings. The highest BCUT2D eigenvalue weighted by molar-refractivity contribution is 5.89. The minimum absolute atomic E-state index is 0.222. The summed E-state index contributed by atoms with van der Waals surface area (Å²) in [6.07, 6.45) is 2.95. The molecule has 0 aromatic heterocycles. The van der Waals surface area contributed by atoms with Crippen LogP contribution in [0.15, 0.2) is 78.9 Å². The highest BCUT2D eigenvalue weighted by Gasteiger charge is 2.23. The number of likely N-dealkylation sites (tertiary alicyclic amines) is 1. The maximum Gasteiger partial charge on any atom is 0.321 e. The topological polar surface area (TPSA) is 32.3 Å². The number of hydrogen-bond acceptors (Lipinski definition) is 1.